The fourth-order valence-corrected chi connectivity index (χ4v) is 3.93. The Morgan fingerprint density at radius 1 is 1.21 bits per heavy atom. The van der Waals surface area contributed by atoms with Crippen molar-refractivity contribution in [3.63, 3.8) is 0 Å². The highest BCUT2D eigenvalue weighted by Gasteiger charge is 2.28. The lowest BCUT2D eigenvalue weighted by molar-refractivity contribution is 0.372. The van der Waals surface area contributed by atoms with Gasteiger partial charge in [0, 0.05) is 44.5 Å². The molecule has 0 atom stereocenters. The molecule has 29 heavy (non-hydrogen) atoms. The number of hydrogen-bond donors (Lipinski definition) is 1. The third kappa shape index (κ3) is 7.20. The molecule has 1 saturated heterocycles. The van der Waals surface area contributed by atoms with Gasteiger partial charge in [0.15, 0.2) is 15.8 Å². The topological polar surface area (TPSA) is 74.2 Å². The molecule has 7 nitrogen and oxygen atoms in total. The maximum absolute atomic E-state index is 12.3. The summed E-state index contributed by atoms with van der Waals surface area (Å²) in [6.07, 6.45) is 0. The van der Waals surface area contributed by atoms with E-state index < -0.39 is 14.6 Å². The highest BCUT2D eigenvalue weighted by Crippen LogP contribution is 2.22. The zero-order valence-electron chi connectivity index (χ0n) is 18.1. The van der Waals surface area contributed by atoms with Gasteiger partial charge in [-0.2, -0.15) is 0 Å². The van der Waals surface area contributed by atoms with Crippen molar-refractivity contribution in [2.45, 2.75) is 32.4 Å². The molecule has 2 rings (SSSR count). The molecule has 9 heteroatoms. The first-order chi connectivity index (χ1) is 13.2. The third-order valence-electron chi connectivity index (χ3n) is 4.89. The van der Waals surface area contributed by atoms with Gasteiger partial charge in [-0.3, -0.25) is 4.99 Å². The molecule has 0 amide bonds. The smallest absolute Gasteiger partial charge is 0.194 e. The monoisotopic (exact) mass is 538 g/mol. The summed E-state index contributed by atoms with van der Waals surface area (Å²) in [6.45, 7) is 11.6. The summed E-state index contributed by atoms with van der Waals surface area (Å²) in [6, 6.07) is 8.09. The minimum Gasteiger partial charge on any atom is -0.497 e. The first-order valence-corrected chi connectivity index (χ1v) is 11.5. The fraction of sp³-hybridized carbons (Fsp3) is 0.650. The van der Waals surface area contributed by atoms with Crippen LogP contribution in [-0.4, -0.2) is 76.2 Å². The Morgan fingerprint density at radius 3 is 2.41 bits per heavy atom. The van der Waals surface area contributed by atoms with Crippen molar-refractivity contribution in [3.05, 3.63) is 24.3 Å². The van der Waals surface area contributed by atoms with Crippen LogP contribution in [0.2, 0.25) is 0 Å². The van der Waals surface area contributed by atoms with Gasteiger partial charge in [-0.1, -0.05) is 6.07 Å². The van der Waals surface area contributed by atoms with Crippen LogP contribution in [0.15, 0.2) is 29.3 Å². The number of ether oxygens (including phenoxy) is 1. The zero-order valence-corrected chi connectivity index (χ0v) is 21.3. The fourth-order valence-electron chi connectivity index (χ4n) is 2.99. The summed E-state index contributed by atoms with van der Waals surface area (Å²) in [7, 11) is -1.49. The molecule has 1 aliphatic heterocycles. The number of aliphatic imine (C=N–C) groups is 1. The summed E-state index contributed by atoms with van der Waals surface area (Å²) >= 11 is 0. The first-order valence-electron chi connectivity index (χ1n) is 9.82. The molecule has 1 aromatic carbocycles. The molecule has 0 aliphatic carbocycles. The van der Waals surface area contributed by atoms with E-state index in [0.717, 1.165) is 50.1 Å². The molecule has 0 bridgehead atoms. The number of piperazine rings is 1. The van der Waals surface area contributed by atoms with E-state index in [1.54, 1.807) is 27.9 Å². The molecule has 1 N–H and O–H groups in total. The number of guanidine groups is 1. The van der Waals surface area contributed by atoms with Crippen LogP contribution in [0, 0.1) is 0 Å². The van der Waals surface area contributed by atoms with E-state index in [1.807, 2.05) is 25.1 Å². The quantitative estimate of drug-likeness (QED) is 0.341. The van der Waals surface area contributed by atoms with Gasteiger partial charge >= 0.3 is 0 Å². The largest absolute Gasteiger partial charge is 0.497 e. The van der Waals surface area contributed by atoms with Gasteiger partial charge < -0.3 is 19.9 Å². The molecule has 0 saturated carbocycles. The Bertz CT molecular complexity index is 770. The van der Waals surface area contributed by atoms with Gasteiger partial charge in [-0.25, -0.2) is 8.42 Å². The third-order valence-corrected chi connectivity index (χ3v) is 7.47. The molecule has 166 valence electrons. The lowest BCUT2D eigenvalue weighted by Crippen LogP contribution is -2.52. The van der Waals surface area contributed by atoms with Crippen molar-refractivity contribution in [1.29, 1.82) is 0 Å². The number of rotatable bonds is 6. The molecule has 0 unspecified atom stereocenters. The van der Waals surface area contributed by atoms with Gasteiger partial charge in [0.05, 0.1) is 24.2 Å². The van der Waals surface area contributed by atoms with Gasteiger partial charge in [-0.15, -0.1) is 24.0 Å². The van der Waals surface area contributed by atoms with Crippen molar-refractivity contribution in [2.24, 2.45) is 4.99 Å². The van der Waals surface area contributed by atoms with Crippen LogP contribution in [0.25, 0.3) is 0 Å². The van der Waals surface area contributed by atoms with Gasteiger partial charge in [0.1, 0.15) is 5.75 Å². The van der Waals surface area contributed by atoms with E-state index in [1.165, 1.54) is 0 Å². The SMILES string of the molecule is CCNC(=NCCS(=O)(=O)C(C)(C)C)N1CCN(c2cccc(OC)c2)CC1.I. The predicted octanol–water partition coefficient (Wildman–Crippen LogP) is 2.61. The molecule has 0 radical (unpaired) electrons. The summed E-state index contributed by atoms with van der Waals surface area (Å²) in [5, 5.41) is 3.29. The van der Waals surface area contributed by atoms with Crippen molar-refractivity contribution < 1.29 is 13.2 Å². The number of anilines is 1. The summed E-state index contributed by atoms with van der Waals surface area (Å²) < 4.78 is 29.2. The second-order valence-corrected chi connectivity index (χ2v) is 10.7. The standard InChI is InChI=1S/C20H34N4O3S.HI/c1-6-21-19(22-10-15-28(25,26)20(2,3)4)24-13-11-23(12-14-24)17-8-7-9-18(16-17)27-5;/h7-9,16H,6,10-15H2,1-5H3,(H,21,22);1H. The molecule has 1 fully saturated rings. The lowest BCUT2D eigenvalue weighted by Gasteiger charge is -2.37. The molecule has 0 spiro atoms. The van der Waals surface area contributed by atoms with Gasteiger partial charge in [0.25, 0.3) is 0 Å². The highest BCUT2D eigenvalue weighted by atomic mass is 127. The van der Waals surface area contributed by atoms with Crippen LogP contribution in [0.5, 0.6) is 5.75 Å². The van der Waals surface area contributed by atoms with Crippen molar-refractivity contribution in [1.82, 2.24) is 10.2 Å². The average Bonchev–Trinajstić information content (AvgIpc) is 2.66. The maximum atomic E-state index is 12.3. The zero-order chi connectivity index (χ0) is 20.8. The Morgan fingerprint density at radius 2 is 1.86 bits per heavy atom. The average molecular weight is 538 g/mol. The number of hydrogen-bond acceptors (Lipinski definition) is 5. The van der Waals surface area contributed by atoms with E-state index in [0.29, 0.717) is 0 Å². The highest BCUT2D eigenvalue weighted by molar-refractivity contribution is 14.0. The maximum Gasteiger partial charge on any atom is 0.194 e. The van der Waals surface area contributed by atoms with E-state index >= 15 is 0 Å². The van der Waals surface area contributed by atoms with E-state index in [2.05, 4.69) is 26.2 Å². The Hall–Kier alpha value is -1.23. The van der Waals surface area contributed by atoms with E-state index in [-0.39, 0.29) is 36.3 Å². The van der Waals surface area contributed by atoms with Crippen molar-refractivity contribution in [2.75, 3.05) is 57.0 Å². The number of halogens is 1. The predicted molar refractivity (Wildman–Crippen MR) is 132 cm³/mol. The lowest BCUT2D eigenvalue weighted by atomic mass is 10.2. The van der Waals surface area contributed by atoms with E-state index in [4.69, 9.17) is 4.74 Å². The Labute approximate surface area is 192 Å². The van der Waals surface area contributed by atoms with Crippen LogP contribution in [-0.2, 0) is 9.84 Å². The van der Waals surface area contributed by atoms with E-state index in [9.17, 15) is 8.42 Å². The number of nitrogens with one attached hydrogen (secondary N) is 1. The van der Waals surface area contributed by atoms with Crippen LogP contribution >= 0.6 is 24.0 Å². The van der Waals surface area contributed by atoms with Crippen LogP contribution in [0.4, 0.5) is 5.69 Å². The summed E-state index contributed by atoms with van der Waals surface area (Å²) in [5.74, 6) is 1.71. The number of methoxy groups -OCH3 is 1. The molecular weight excluding hydrogens is 503 g/mol. The van der Waals surface area contributed by atoms with Crippen molar-refractivity contribution >= 4 is 45.5 Å². The molecule has 1 heterocycles. The normalized spacial score (nSPS) is 15.7. The molecule has 1 aliphatic rings. The van der Waals surface area contributed by atoms with Crippen LogP contribution < -0.4 is 15.0 Å². The Kier molecular flexibility index (Phi) is 10.0. The molecular formula is C20H35IN4O3S. The van der Waals surface area contributed by atoms with Crippen LogP contribution in [0.1, 0.15) is 27.7 Å². The van der Waals surface area contributed by atoms with Gasteiger partial charge in [-0.05, 0) is 39.8 Å². The van der Waals surface area contributed by atoms with Crippen molar-refractivity contribution in [3.8, 4) is 5.75 Å². The Balaban J connectivity index is 0.00000420. The first kappa shape index (κ1) is 25.8. The summed E-state index contributed by atoms with van der Waals surface area (Å²) in [5.41, 5.74) is 1.15. The minimum absolute atomic E-state index is 0. The number of sulfone groups is 1. The minimum atomic E-state index is -3.16. The number of nitrogens with zero attached hydrogens (tertiary/aromatic N) is 3. The second kappa shape index (κ2) is 11.2. The second-order valence-electron chi connectivity index (χ2n) is 7.84. The van der Waals surface area contributed by atoms with Crippen LogP contribution in [0.3, 0.4) is 0 Å². The molecule has 1 aromatic rings. The van der Waals surface area contributed by atoms with Gasteiger partial charge in [0.2, 0.25) is 0 Å². The summed E-state index contributed by atoms with van der Waals surface area (Å²) in [4.78, 5) is 9.10. The number of benzene rings is 1. The molecule has 0 aromatic heterocycles.